The minimum atomic E-state index is 0.513. The van der Waals surface area contributed by atoms with Crippen LogP contribution in [-0.2, 0) is 0 Å². The summed E-state index contributed by atoms with van der Waals surface area (Å²) in [4.78, 5) is 13.5. The van der Waals surface area contributed by atoms with Crippen LogP contribution in [0, 0.1) is 12.8 Å². The first-order valence-electron chi connectivity index (χ1n) is 6.86. The number of aldehydes is 1. The second-order valence-electron chi connectivity index (χ2n) is 5.46. The number of rotatable bonds is 5. The van der Waals surface area contributed by atoms with Crippen LogP contribution < -0.4 is 4.90 Å². The van der Waals surface area contributed by atoms with Gasteiger partial charge < -0.3 is 4.90 Å². The van der Waals surface area contributed by atoms with E-state index in [2.05, 4.69) is 23.8 Å². The van der Waals surface area contributed by atoms with Gasteiger partial charge in [0.1, 0.15) is 5.82 Å². The first-order chi connectivity index (χ1) is 9.54. The van der Waals surface area contributed by atoms with Gasteiger partial charge in [-0.25, -0.2) is 4.68 Å². The number of carbonyl (C=O) groups is 1. The smallest absolute Gasteiger partial charge is 0.155 e. The van der Waals surface area contributed by atoms with Crippen molar-refractivity contribution < 1.29 is 4.79 Å². The van der Waals surface area contributed by atoms with Gasteiger partial charge in [0, 0.05) is 13.6 Å². The molecule has 1 heterocycles. The molecule has 0 aliphatic carbocycles. The molecule has 0 saturated carbocycles. The predicted molar refractivity (Wildman–Crippen MR) is 81.8 cm³/mol. The molecule has 106 valence electrons. The van der Waals surface area contributed by atoms with Crippen molar-refractivity contribution in [1.29, 1.82) is 0 Å². The molecule has 4 heteroatoms. The van der Waals surface area contributed by atoms with Crippen LogP contribution in [-0.4, -0.2) is 29.7 Å². The van der Waals surface area contributed by atoms with Crippen molar-refractivity contribution in [2.75, 3.05) is 18.5 Å². The summed E-state index contributed by atoms with van der Waals surface area (Å²) in [6, 6.07) is 9.90. The Hall–Kier alpha value is -2.10. The molecular weight excluding hydrogens is 250 g/mol. The fourth-order valence-electron chi connectivity index (χ4n) is 2.42. The highest BCUT2D eigenvalue weighted by molar-refractivity contribution is 5.85. The molecule has 0 atom stereocenters. The van der Waals surface area contributed by atoms with Gasteiger partial charge in [-0.15, -0.1) is 0 Å². The average molecular weight is 271 g/mol. The van der Waals surface area contributed by atoms with Crippen molar-refractivity contribution in [3.05, 3.63) is 41.6 Å². The normalized spacial score (nSPS) is 10.8. The molecule has 0 aliphatic heterocycles. The predicted octanol–water partition coefficient (Wildman–Crippen LogP) is 3.09. The van der Waals surface area contributed by atoms with Gasteiger partial charge in [-0.2, -0.15) is 5.10 Å². The van der Waals surface area contributed by atoms with E-state index in [9.17, 15) is 4.79 Å². The molecule has 0 N–H and O–H groups in total. The molecule has 1 aromatic heterocycles. The zero-order valence-corrected chi connectivity index (χ0v) is 12.5. The van der Waals surface area contributed by atoms with E-state index in [0.717, 1.165) is 30.0 Å². The number of benzene rings is 1. The maximum absolute atomic E-state index is 11.4. The van der Waals surface area contributed by atoms with E-state index < -0.39 is 0 Å². The van der Waals surface area contributed by atoms with Crippen LogP contribution in [0.3, 0.4) is 0 Å². The number of nitrogens with zero attached hydrogens (tertiary/aromatic N) is 3. The molecule has 0 spiro atoms. The number of para-hydroxylation sites is 1. The molecule has 1 aromatic carbocycles. The van der Waals surface area contributed by atoms with E-state index in [4.69, 9.17) is 0 Å². The van der Waals surface area contributed by atoms with Crippen molar-refractivity contribution in [2.24, 2.45) is 5.92 Å². The molecule has 0 radical (unpaired) electrons. The van der Waals surface area contributed by atoms with Gasteiger partial charge in [0.2, 0.25) is 0 Å². The average Bonchev–Trinajstić information content (AvgIpc) is 2.75. The summed E-state index contributed by atoms with van der Waals surface area (Å²) in [6.07, 6.45) is 0.897. The molecule has 0 unspecified atom stereocenters. The van der Waals surface area contributed by atoms with Crippen LogP contribution in [0.25, 0.3) is 5.69 Å². The van der Waals surface area contributed by atoms with Crippen molar-refractivity contribution >= 4 is 12.1 Å². The van der Waals surface area contributed by atoms with E-state index in [-0.39, 0.29) is 0 Å². The molecule has 0 fully saturated rings. The lowest BCUT2D eigenvalue weighted by molar-refractivity contribution is 0.112. The number of aryl methyl sites for hydroxylation is 1. The monoisotopic (exact) mass is 271 g/mol. The highest BCUT2D eigenvalue weighted by Gasteiger charge is 2.19. The zero-order chi connectivity index (χ0) is 14.7. The number of anilines is 1. The zero-order valence-electron chi connectivity index (χ0n) is 12.5. The first-order valence-corrected chi connectivity index (χ1v) is 6.86. The van der Waals surface area contributed by atoms with Gasteiger partial charge in [-0.1, -0.05) is 32.0 Å². The Morgan fingerprint density at radius 1 is 1.30 bits per heavy atom. The van der Waals surface area contributed by atoms with Crippen LogP contribution in [0.2, 0.25) is 0 Å². The number of hydrogen-bond donors (Lipinski definition) is 0. The van der Waals surface area contributed by atoms with Gasteiger partial charge in [0.05, 0.1) is 16.9 Å². The highest BCUT2D eigenvalue weighted by Crippen LogP contribution is 2.25. The topological polar surface area (TPSA) is 38.1 Å². The van der Waals surface area contributed by atoms with E-state index in [1.165, 1.54) is 0 Å². The fourth-order valence-corrected chi connectivity index (χ4v) is 2.42. The van der Waals surface area contributed by atoms with Crippen LogP contribution in [0.5, 0.6) is 0 Å². The summed E-state index contributed by atoms with van der Waals surface area (Å²) < 4.78 is 1.85. The molecule has 2 aromatic rings. The van der Waals surface area contributed by atoms with Crippen LogP contribution >= 0.6 is 0 Å². The van der Waals surface area contributed by atoms with Crippen molar-refractivity contribution in [1.82, 2.24) is 9.78 Å². The maximum atomic E-state index is 11.4. The molecule has 20 heavy (non-hydrogen) atoms. The van der Waals surface area contributed by atoms with Crippen molar-refractivity contribution in [2.45, 2.75) is 20.8 Å². The standard InChI is InChI=1S/C16H21N3O/c1-12(2)10-18(4)16-15(11-20)13(3)17-19(16)14-8-6-5-7-9-14/h5-9,11-12H,10H2,1-4H3. The lowest BCUT2D eigenvalue weighted by Crippen LogP contribution is -2.26. The summed E-state index contributed by atoms with van der Waals surface area (Å²) in [5, 5.41) is 4.52. The number of aromatic nitrogens is 2. The van der Waals surface area contributed by atoms with E-state index >= 15 is 0 Å². The largest absolute Gasteiger partial charge is 0.359 e. The van der Waals surface area contributed by atoms with Gasteiger partial charge in [0.25, 0.3) is 0 Å². The molecule has 4 nitrogen and oxygen atoms in total. The molecule has 0 aliphatic rings. The lowest BCUT2D eigenvalue weighted by atomic mass is 10.2. The van der Waals surface area contributed by atoms with Gasteiger partial charge in [-0.3, -0.25) is 4.79 Å². The fraction of sp³-hybridized carbons (Fsp3) is 0.375. The third kappa shape index (κ3) is 2.74. The molecule has 0 amide bonds. The van der Waals surface area contributed by atoms with E-state index in [1.54, 1.807) is 0 Å². The van der Waals surface area contributed by atoms with Gasteiger partial charge in [-0.05, 0) is 25.0 Å². The summed E-state index contributed by atoms with van der Waals surface area (Å²) in [7, 11) is 2.00. The Balaban J connectivity index is 2.55. The molecular formula is C16H21N3O. The minimum Gasteiger partial charge on any atom is -0.359 e. The third-order valence-corrected chi connectivity index (χ3v) is 3.20. The molecule has 0 bridgehead atoms. The van der Waals surface area contributed by atoms with Gasteiger partial charge in [0.15, 0.2) is 6.29 Å². The maximum Gasteiger partial charge on any atom is 0.155 e. The quantitative estimate of drug-likeness (QED) is 0.784. The summed E-state index contributed by atoms with van der Waals surface area (Å²) >= 11 is 0. The molecule has 0 saturated heterocycles. The Kier molecular flexibility index (Phi) is 4.23. The lowest BCUT2D eigenvalue weighted by Gasteiger charge is -2.23. The summed E-state index contributed by atoms with van der Waals surface area (Å²) in [6.45, 7) is 7.06. The highest BCUT2D eigenvalue weighted by atomic mass is 16.1. The van der Waals surface area contributed by atoms with Crippen molar-refractivity contribution in [3.63, 3.8) is 0 Å². The van der Waals surface area contributed by atoms with E-state index in [1.807, 2.05) is 49.0 Å². The Labute approximate surface area is 120 Å². The van der Waals surface area contributed by atoms with E-state index in [0.29, 0.717) is 11.5 Å². The summed E-state index contributed by atoms with van der Waals surface area (Å²) in [5.41, 5.74) is 2.39. The number of carbonyl (C=O) groups excluding carboxylic acids is 1. The minimum absolute atomic E-state index is 0.513. The second-order valence-corrected chi connectivity index (χ2v) is 5.46. The van der Waals surface area contributed by atoms with Crippen molar-refractivity contribution in [3.8, 4) is 5.69 Å². The Morgan fingerprint density at radius 2 is 1.95 bits per heavy atom. The third-order valence-electron chi connectivity index (χ3n) is 3.20. The van der Waals surface area contributed by atoms with Crippen LogP contribution in [0.4, 0.5) is 5.82 Å². The number of hydrogen-bond acceptors (Lipinski definition) is 3. The summed E-state index contributed by atoms with van der Waals surface area (Å²) in [5.74, 6) is 1.37. The van der Waals surface area contributed by atoms with Crippen LogP contribution in [0.15, 0.2) is 30.3 Å². The van der Waals surface area contributed by atoms with Gasteiger partial charge >= 0.3 is 0 Å². The SMILES string of the molecule is Cc1nn(-c2ccccc2)c(N(C)CC(C)C)c1C=O. The molecule has 2 rings (SSSR count). The van der Waals surface area contributed by atoms with Crippen LogP contribution in [0.1, 0.15) is 29.9 Å². The first kappa shape index (κ1) is 14.3. The Morgan fingerprint density at radius 3 is 2.50 bits per heavy atom. The second kappa shape index (κ2) is 5.90. The Bertz CT molecular complexity index is 587.